The Balaban J connectivity index is 1.56. The van der Waals surface area contributed by atoms with Gasteiger partial charge in [-0.05, 0) is 48.4 Å². The van der Waals surface area contributed by atoms with Crippen LogP contribution in [0.5, 0.6) is 0 Å². The van der Waals surface area contributed by atoms with Crippen molar-refractivity contribution in [1.29, 1.82) is 0 Å². The summed E-state index contributed by atoms with van der Waals surface area (Å²) in [5.74, 6) is 0.350. The smallest absolute Gasteiger partial charge is 0.251 e. The van der Waals surface area contributed by atoms with E-state index in [2.05, 4.69) is 10.6 Å². The summed E-state index contributed by atoms with van der Waals surface area (Å²) in [4.78, 5) is 38.5. The van der Waals surface area contributed by atoms with Gasteiger partial charge in [-0.25, -0.2) is 0 Å². The third-order valence-electron chi connectivity index (χ3n) is 4.99. The van der Waals surface area contributed by atoms with Crippen molar-refractivity contribution in [3.63, 3.8) is 0 Å². The molecule has 1 aromatic heterocycles. The molecule has 0 saturated carbocycles. The standard InChI is InChI=1S/C25H27N3O4/c1-26-24(30)21-13-11-19(12-14-21)17-28(18-22-9-6-16-32-22)23(29)10-5-15-27-25(31)20-7-3-2-4-8-20/h2-4,6-9,11-14,16H,5,10,15,17-18H2,1H3,(H,26,30)(H,27,31). The second-order valence-electron chi connectivity index (χ2n) is 7.33. The van der Waals surface area contributed by atoms with Crippen LogP contribution in [0, 0.1) is 0 Å². The summed E-state index contributed by atoms with van der Waals surface area (Å²) in [6.45, 7) is 1.15. The molecule has 0 unspecified atom stereocenters. The first-order valence-corrected chi connectivity index (χ1v) is 10.5. The van der Waals surface area contributed by atoms with E-state index in [0.29, 0.717) is 49.4 Å². The topological polar surface area (TPSA) is 91.7 Å². The van der Waals surface area contributed by atoms with Gasteiger partial charge in [0.25, 0.3) is 11.8 Å². The molecule has 0 aliphatic rings. The number of nitrogens with zero attached hydrogens (tertiary/aromatic N) is 1. The summed E-state index contributed by atoms with van der Waals surface area (Å²) in [5, 5.41) is 5.44. The molecule has 0 bridgehead atoms. The first kappa shape index (κ1) is 22.8. The van der Waals surface area contributed by atoms with Gasteiger partial charge >= 0.3 is 0 Å². The van der Waals surface area contributed by atoms with Crippen LogP contribution in [-0.2, 0) is 17.9 Å². The Morgan fingerprint density at radius 2 is 1.56 bits per heavy atom. The predicted octanol–water partition coefficient (Wildman–Crippen LogP) is 3.38. The Labute approximate surface area is 187 Å². The van der Waals surface area contributed by atoms with Gasteiger partial charge in [0.15, 0.2) is 0 Å². The molecule has 2 N–H and O–H groups in total. The third-order valence-corrected chi connectivity index (χ3v) is 4.99. The number of amides is 3. The number of benzene rings is 2. The molecule has 0 saturated heterocycles. The first-order chi connectivity index (χ1) is 15.6. The number of rotatable bonds is 10. The van der Waals surface area contributed by atoms with Crippen molar-refractivity contribution < 1.29 is 18.8 Å². The van der Waals surface area contributed by atoms with Crippen LogP contribution in [0.15, 0.2) is 77.4 Å². The van der Waals surface area contributed by atoms with E-state index in [4.69, 9.17) is 4.42 Å². The fourth-order valence-electron chi connectivity index (χ4n) is 3.24. The fraction of sp³-hybridized carbons (Fsp3) is 0.240. The van der Waals surface area contributed by atoms with Gasteiger partial charge in [-0.2, -0.15) is 0 Å². The Kier molecular flexibility index (Phi) is 8.20. The summed E-state index contributed by atoms with van der Waals surface area (Å²) < 4.78 is 5.42. The molecule has 3 amide bonds. The summed E-state index contributed by atoms with van der Waals surface area (Å²) in [7, 11) is 1.59. The van der Waals surface area contributed by atoms with Crippen LogP contribution in [-0.4, -0.2) is 36.2 Å². The maximum Gasteiger partial charge on any atom is 0.251 e. The Morgan fingerprint density at radius 3 is 2.22 bits per heavy atom. The highest BCUT2D eigenvalue weighted by Crippen LogP contribution is 2.14. The highest BCUT2D eigenvalue weighted by atomic mass is 16.3. The molecule has 0 radical (unpaired) electrons. The lowest BCUT2D eigenvalue weighted by Gasteiger charge is -2.22. The molecule has 166 valence electrons. The van der Waals surface area contributed by atoms with Gasteiger partial charge in [0, 0.05) is 37.7 Å². The molecule has 0 fully saturated rings. The normalized spacial score (nSPS) is 10.4. The Hall–Kier alpha value is -3.87. The van der Waals surface area contributed by atoms with Crippen LogP contribution in [0.4, 0.5) is 0 Å². The molecule has 0 spiro atoms. The van der Waals surface area contributed by atoms with Crippen LogP contribution in [0.25, 0.3) is 0 Å². The van der Waals surface area contributed by atoms with Crippen molar-refractivity contribution in [2.75, 3.05) is 13.6 Å². The average Bonchev–Trinajstić information content (AvgIpc) is 3.35. The zero-order valence-corrected chi connectivity index (χ0v) is 18.0. The fourth-order valence-corrected chi connectivity index (χ4v) is 3.24. The van der Waals surface area contributed by atoms with E-state index >= 15 is 0 Å². The van der Waals surface area contributed by atoms with Gasteiger partial charge in [0.2, 0.25) is 5.91 Å². The minimum atomic E-state index is -0.155. The number of hydrogen-bond donors (Lipinski definition) is 2. The predicted molar refractivity (Wildman–Crippen MR) is 121 cm³/mol. The second kappa shape index (κ2) is 11.5. The van der Waals surface area contributed by atoms with E-state index in [1.807, 2.05) is 36.4 Å². The zero-order chi connectivity index (χ0) is 22.8. The van der Waals surface area contributed by atoms with E-state index in [-0.39, 0.29) is 17.7 Å². The molecule has 32 heavy (non-hydrogen) atoms. The van der Waals surface area contributed by atoms with Crippen LogP contribution < -0.4 is 10.6 Å². The molecule has 3 aromatic rings. The van der Waals surface area contributed by atoms with Gasteiger partial charge in [0.05, 0.1) is 12.8 Å². The number of hydrogen-bond acceptors (Lipinski definition) is 4. The second-order valence-corrected chi connectivity index (χ2v) is 7.33. The van der Waals surface area contributed by atoms with Crippen molar-refractivity contribution in [3.05, 3.63) is 95.4 Å². The Morgan fingerprint density at radius 1 is 0.844 bits per heavy atom. The van der Waals surface area contributed by atoms with Crippen LogP contribution in [0.3, 0.4) is 0 Å². The molecular formula is C25H27N3O4. The van der Waals surface area contributed by atoms with Gasteiger partial charge in [-0.3, -0.25) is 14.4 Å². The Bertz CT molecular complexity index is 1020. The van der Waals surface area contributed by atoms with Gasteiger partial charge in [-0.1, -0.05) is 30.3 Å². The van der Waals surface area contributed by atoms with Crippen LogP contribution in [0.1, 0.15) is 44.9 Å². The molecule has 3 rings (SSSR count). The van der Waals surface area contributed by atoms with E-state index in [1.54, 1.807) is 48.5 Å². The van der Waals surface area contributed by atoms with Gasteiger partial charge < -0.3 is 20.0 Å². The largest absolute Gasteiger partial charge is 0.467 e. The van der Waals surface area contributed by atoms with E-state index in [9.17, 15) is 14.4 Å². The zero-order valence-electron chi connectivity index (χ0n) is 18.0. The average molecular weight is 434 g/mol. The van der Waals surface area contributed by atoms with E-state index < -0.39 is 0 Å². The highest BCUT2D eigenvalue weighted by Gasteiger charge is 2.16. The maximum atomic E-state index is 12.9. The lowest BCUT2D eigenvalue weighted by molar-refractivity contribution is -0.132. The molecule has 0 atom stereocenters. The van der Waals surface area contributed by atoms with Gasteiger partial charge in [-0.15, -0.1) is 0 Å². The van der Waals surface area contributed by atoms with Gasteiger partial charge in [0.1, 0.15) is 5.76 Å². The molecule has 7 nitrogen and oxygen atoms in total. The van der Waals surface area contributed by atoms with Crippen LogP contribution >= 0.6 is 0 Å². The van der Waals surface area contributed by atoms with E-state index in [0.717, 1.165) is 5.56 Å². The lowest BCUT2D eigenvalue weighted by Crippen LogP contribution is -2.31. The monoisotopic (exact) mass is 433 g/mol. The summed E-state index contributed by atoms with van der Waals surface area (Å²) in [5.41, 5.74) is 2.07. The number of nitrogens with one attached hydrogen (secondary N) is 2. The third kappa shape index (κ3) is 6.57. The number of carbonyl (C=O) groups excluding carboxylic acids is 3. The van der Waals surface area contributed by atoms with Crippen molar-refractivity contribution in [3.8, 4) is 0 Å². The number of carbonyl (C=O) groups is 3. The van der Waals surface area contributed by atoms with E-state index in [1.165, 1.54) is 0 Å². The van der Waals surface area contributed by atoms with Crippen LogP contribution in [0.2, 0.25) is 0 Å². The van der Waals surface area contributed by atoms with Crippen molar-refractivity contribution >= 4 is 17.7 Å². The number of furan rings is 1. The maximum absolute atomic E-state index is 12.9. The quantitative estimate of drug-likeness (QED) is 0.480. The lowest BCUT2D eigenvalue weighted by atomic mass is 10.1. The molecule has 0 aliphatic carbocycles. The van der Waals surface area contributed by atoms with Crippen molar-refractivity contribution in [2.24, 2.45) is 0 Å². The molecule has 7 heteroatoms. The summed E-state index contributed by atoms with van der Waals surface area (Å²) >= 11 is 0. The SMILES string of the molecule is CNC(=O)c1ccc(CN(Cc2ccco2)C(=O)CCCNC(=O)c2ccccc2)cc1. The first-order valence-electron chi connectivity index (χ1n) is 10.5. The molecular weight excluding hydrogens is 406 g/mol. The van der Waals surface area contributed by atoms with Crippen molar-refractivity contribution in [2.45, 2.75) is 25.9 Å². The van der Waals surface area contributed by atoms with Crippen molar-refractivity contribution in [1.82, 2.24) is 15.5 Å². The minimum Gasteiger partial charge on any atom is -0.467 e. The molecule has 2 aromatic carbocycles. The summed E-state index contributed by atoms with van der Waals surface area (Å²) in [6, 6.07) is 19.8. The molecule has 0 aliphatic heterocycles. The minimum absolute atomic E-state index is 0.0364. The summed E-state index contributed by atoms with van der Waals surface area (Å²) in [6.07, 6.45) is 2.41. The molecule has 1 heterocycles. The highest BCUT2D eigenvalue weighted by molar-refractivity contribution is 5.94.